The summed E-state index contributed by atoms with van der Waals surface area (Å²) in [5.41, 5.74) is 0.720. The standard InChI is InChI=1S/C24H30O8.Na/c1-24-9-8-14-13-5-3-12(10-11(13)2-4-15(14)16(24)6-7-17(24)25)31-23-20(28)18(26)19(27)21(32-23)22(29)30;/h3,5,10,14-16,18-21,23,26-28H,2,4,6-9H2,1H3,(H,29,30);/q;+1/p-1/t14?,15-,16+,18+,19+,20-,21+,23-,24+;/m1./s1/i3D,7D2,10D;. The maximum Gasteiger partial charge on any atom is 1.00 e. The van der Waals surface area contributed by atoms with Gasteiger partial charge in [-0.3, -0.25) is 4.79 Å². The Bertz CT molecular complexity index is 1120. The van der Waals surface area contributed by atoms with Gasteiger partial charge in [-0.25, -0.2) is 0 Å². The van der Waals surface area contributed by atoms with E-state index in [1.165, 1.54) is 0 Å². The summed E-state index contributed by atoms with van der Waals surface area (Å²) in [5.74, 6) is -2.49. The molecule has 3 N–H and O–H groups in total. The van der Waals surface area contributed by atoms with Crippen LogP contribution in [0, 0.1) is 17.3 Å². The van der Waals surface area contributed by atoms with Crippen molar-refractivity contribution in [2.45, 2.75) is 82.0 Å². The molecule has 1 unspecified atom stereocenters. The molecule has 1 heterocycles. The number of aliphatic hydroxyl groups is 3. The monoisotopic (exact) mass is 472 g/mol. The Balaban J connectivity index is 0.00000320. The van der Waals surface area contributed by atoms with E-state index >= 15 is 0 Å². The maximum atomic E-state index is 12.8. The second-order valence-corrected chi connectivity index (χ2v) is 9.59. The molecule has 9 heteroatoms. The summed E-state index contributed by atoms with van der Waals surface area (Å²) in [6, 6.07) is 1.28. The second-order valence-electron chi connectivity index (χ2n) is 9.59. The van der Waals surface area contributed by atoms with Gasteiger partial charge in [-0.2, -0.15) is 0 Å². The predicted molar refractivity (Wildman–Crippen MR) is 108 cm³/mol. The summed E-state index contributed by atoms with van der Waals surface area (Å²) < 4.78 is 44.3. The summed E-state index contributed by atoms with van der Waals surface area (Å²) in [6.07, 6.45) is -8.82. The molecule has 0 radical (unpaired) electrons. The average Bonchev–Trinajstić information content (AvgIpc) is 3.00. The molecule has 0 spiro atoms. The smallest absolute Gasteiger partial charge is 0.547 e. The molecular formula is C24H29NaO8. The van der Waals surface area contributed by atoms with Crippen molar-refractivity contribution in [1.29, 1.82) is 0 Å². The first kappa shape index (κ1) is 20.2. The fourth-order valence-electron chi connectivity index (χ4n) is 6.10. The molecule has 174 valence electrons. The van der Waals surface area contributed by atoms with Gasteiger partial charge in [0.1, 0.15) is 35.9 Å². The van der Waals surface area contributed by atoms with Crippen LogP contribution in [0.1, 0.15) is 61.5 Å². The molecule has 1 aromatic carbocycles. The summed E-state index contributed by atoms with van der Waals surface area (Å²) in [4.78, 5) is 24.1. The van der Waals surface area contributed by atoms with Gasteiger partial charge in [-0.05, 0) is 73.1 Å². The van der Waals surface area contributed by atoms with Crippen molar-refractivity contribution < 1.29 is 74.5 Å². The van der Waals surface area contributed by atoms with Crippen molar-refractivity contribution in [2.75, 3.05) is 0 Å². The Labute approximate surface area is 220 Å². The van der Waals surface area contributed by atoms with E-state index in [0.29, 0.717) is 31.2 Å². The number of carbonyl (C=O) groups is 2. The van der Waals surface area contributed by atoms with E-state index in [0.717, 1.165) is 5.56 Å². The van der Waals surface area contributed by atoms with E-state index in [1.807, 2.05) is 6.92 Å². The molecule has 1 aliphatic heterocycles. The number of ether oxygens (including phenoxy) is 2. The van der Waals surface area contributed by atoms with Crippen LogP contribution in [-0.2, 0) is 20.7 Å². The first-order valence-electron chi connectivity index (χ1n) is 13.0. The number of benzene rings is 1. The first-order chi connectivity index (χ1) is 16.8. The molecule has 5 rings (SSSR count). The largest absolute Gasteiger partial charge is 1.00 e. The zero-order valence-corrected chi connectivity index (χ0v) is 20.6. The number of carboxylic acids is 1. The van der Waals surface area contributed by atoms with Crippen molar-refractivity contribution in [2.24, 2.45) is 17.3 Å². The molecule has 0 aromatic heterocycles. The second kappa shape index (κ2) is 9.22. The molecule has 33 heavy (non-hydrogen) atoms. The zero-order valence-electron chi connectivity index (χ0n) is 22.6. The molecular weight excluding hydrogens is 439 g/mol. The average molecular weight is 473 g/mol. The van der Waals surface area contributed by atoms with Crippen LogP contribution >= 0.6 is 0 Å². The number of Topliss-reactive ketones (excluding diaryl/α,β-unsaturated/α-hetero) is 1. The Morgan fingerprint density at radius 1 is 1.27 bits per heavy atom. The maximum absolute atomic E-state index is 12.8. The topological polar surface area (TPSA) is 136 Å². The van der Waals surface area contributed by atoms with Gasteiger partial charge in [0.25, 0.3) is 0 Å². The van der Waals surface area contributed by atoms with E-state index in [2.05, 4.69) is 0 Å². The zero-order chi connectivity index (χ0) is 26.3. The Morgan fingerprint density at radius 2 is 2.03 bits per heavy atom. The molecule has 4 aliphatic rings. The first-order valence-corrected chi connectivity index (χ1v) is 11.0. The van der Waals surface area contributed by atoms with E-state index < -0.39 is 48.5 Å². The van der Waals surface area contributed by atoms with Crippen LogP contribution < -0.4 is 39.4 Å². The van der Waals surface area contributed by atoms with Gasteiger partial charge in [-0.1, -0.05) is 13.0 Å². The third-order valence-electron chi connectivity index (χ3n) is 7.96. The minimum atomic E-state index is -1.97. The van der Waals surface area contributed by atoms with Crippen molar-refractivity contribution in [3.8, 4) is 5.75 Å². The summed E-state index contributed by atoms with van der Waals surface area (Å²) in [6.45, 7) is 1.86. The normalized spacial score (nSPS) is 45.2. The molecule has 0 amide bonds. The van der Waals surface area contributed by atoms with Gasteiger partial charge in [-0.15, -0.1) is 0 Å². The molecule has 1 aromatic rings. The van der Waals surface area contributed by atoms with Crippen LogP contribution in [0.2, 0.25) is 0 Å². The van der Waals surface area contributed by atoms with Gasteiger partial charge < -0.3 is 34.7 Å². The van der Waals surface area contributed by atoms with Gasteiger partial charge in [0.15, 0.2) is 0 Å². The van der Waals surface area contributed by atoms with Crippen LogP contribution in [0.4, 0.5) is 0 Å². The SMILES string of the molecule is [2H]c1cc2c(c([2H])c1O[C@@H]1O[C@H](C(=O)[O-])[C@@H](O)[C@H](O)[C@H]1O)CC[C@@H]1C2CC[C@]2(C)C(=O)C([2H])([2H])C[C@@H]12.[Na+]. The molecule has 3 fully saturated rings. The number of fused-ring (bicyclic) bond motifs is 5. The van der Waals surface area contributed by atoms with E-state index in [-0.39, 0.29) is 77.3 Å². The van der Waals surface area contributed by atoms with E-state index in [9.17, 15) is 30.0 Å². The number of aliphatic hydroxyl groups excluding tert-OH is 3. The van der Waals surface area contributed by atoms with Crippen LogP contribution in [0.3, 0.4) is 0 Å². The quantitative estimate of drug-likeness (QED) is 0.398. The third-order valence-corrected chi connectivity index (χ3v) is 7.96. The van der Waals surface area contributed by atoms with E-state index in [1.54, 1.807) is 6.07 Å². The fraction of sp³-hybridized carbons (Fsp3) is 0.667. The molecule has 9 atom stereocenters. The van der Waals surface area contributed by atoms with Crippen LogP contribution in [0.5, 0.6) is 5.75 Å². The minimum Gasteiger partial charge on any atom is -0.547 e. The number of aliphatic carboxylic acids is 1. The molecule has 0 bridgehead atoms. The number of rotatable bonds is 3. The summed E-state index contributed by atoms with van der Waals surface area (Å²) in [5, 5.41) is 41.4. The van der Waals surface area contributed by atoms with Crippen molar-refractivity contribution in [3.05, 3.63) is 29.3 Å². The van der Waals surface area contributed by atoms with Crippen molar-refractivity contribution in [3.63, 3.8) is 0 Å². The van der Waals surface area contributed by atoms with E-state index in [4.69, 9.17) is 15.0 Å². The van der Waals surface area contributed by atoms with Crippen molar-refractivity contribution in [1.82, 2.24) is 0 Å². The van der Waals surface area contributed by atoms with Gasteiger partial charge in [0, 0.05) is 14.5 Å². The molecule has 1 saturated heterocycles. The van der Waals surface area contributed by atoms with Crippen molar-refractivity contribution >= 4 is 11.8 Å². The molecule has 2 saturated carbocycles. The summed E-state index contributed by atoms with van der Waals surface area (Å²) in [7, 11) is 0. The number of hydrogen-bond acceptors (Lipinski definition) is 8. The summed E-state index contributed by atoms with van der Waals surface area (Å²) >= 11 is 0. The minimum absolute atomic E-state index is 0. The number of carboxylic acid groups (broad SMARTS) is 1. The molecule has 3 aliphatic carbocycles. The van der Waals surface area contributed by atoms with Gasteiger partial charge in [0.2, 0.25) is 6.29 Å². The van der Waals surface area contributed by atoms with Crippen LogP contribution in [0.15, 0.2) is 18.2 Å². The Morgan fingerprint density at radius 3 is 2.76 bits per heavy atom. The number of hydrogen-bond donors (Lipinski definition) is 3. The third kappa shape index (κ3) is 4.07. The molecule has 8 nitrogen and oxygen atoms in total. The number of ketones is 1. The van der Waals surface area contributed by atoms with Gasteiger partial charge >= 0.3 is 29.6 Å². The number of carbonyl (C=O) groups excluding carboxylic acids is 2. The van der Waals surface area contributed by atoms with Gasteiger partial charge in [0.05, 0.1) is 8.71 Å². The Kier molecular flexibility index (Phi) is 5.65. The predicted octanol–water partition coefficient (Wildman–Crippen LogP) is -2.95. The van der Waals surface area contributed by atoms with Crippen LogP contribution in [0.25, 0.3) is 0 Å². The fourth-order valence-corrected chi connectivity index (χ4v) is 6.10. The van der Waals surface area contributed by atoms with Crippen LogP contribution in [-0.4, -0.2) is 57.8 Å². The Hall–Kier alpha value is -1.000.